The van der Waals surface area contributed by atoms with E-state index in [-0.39, 0.29) is 4.90 Å². The Morgan fingerprint density at radius 3 is 2.50 bits per heavy atom. The summed E-state index contributed by atoms with van der Waals surface area (Å²) in [5.74, 6) is 0. The molecule has 1 heterocycles. The number of hydrogen-bond acceptors (Lipinski definition) is 3. The molecule has 16 heavy (non-hydrogen) atoms. The van der Waals surface area contributed by atoms with Gasteiger partial charge in [0, 0.05) is 4.88 Å². The lowest BCUT2D eigenvalue weighted by atomic mass is 10.1. The third-order valence-electron chi connectivity index (χ3n) is 2.29. The van der Waals surface area contributed by atoms with Crippen LogP contribution in [0.5, 0.6) is 0 Å². The zero-order valence-electron chi connectivity index (χ0n) is 8.67. The standard InChI is InChI=1S/C11H11NO2S2/c1-8-7-9(10-3-2-6-15-10)4-5-11(8)16(12,13)14/h2-7H,1H3,(H2,12,13,14). The summed E-state index contributed by atoms with van der Waals surface area (Å²) in [7, 11) is -3.62. The molecule has 0 aliphatic carbocycles. The van der Waals surface area contributed by atoms with E-state index in [1.807, 2.05) is 23.6 Å². The maximum absolute atomic E-state index is 11.2. The summed E-state index contributed by atoms with van der Waals surface area (Å²) >= 11 is 1.62. The van der Waals surface area contributed by atoms with Crippen molar-refractivity contribution in [3.63, 3.8) is 0 Å². The average molecular weight is 253 g/mol. The highest BCUT2D eigenvalue weighted by Gasteiger charge is 2.11. The SMILES string of the molecule is Cc1cc(-c2cccs2)ccc1S(N)(=O)=O. The Morgan fingerprint density at radius 2 is 2.00 bits per heavy atom. The van der Waals surface area contributed by atoms with E-state index >= 15 is 0 Å². The van der Waals surface area contributed by atoms with Crippen LogP contribution in [0.15, 0.2) is 40.6 Å². The van der Waals surface area contributed by atoms with Crippen molar-refractivity contribution in [3.05, 3.63) is 41.3 Å². The topological polar surface area (TPSA) is 60.2 Å². The maximum Gasteiger partial charge on any atom is 0.238 e. The molecule has 1 aromatic carbocycles. The summed E-state index contributed by atoms with van der Waals surface area (Å²) in [6.07, 6.45) is 0. The van der Waals surface area contributed by atoms with Crippen LogP contribution in [0.25, 0.3) is 10.4 Å². The van der Waals surface area contributed by atoms with Gasteiger partial charge in [0.2, 0.25) is 10.0 Å². The third kappa shape index (κ3) is 2.16. The average Bonchev–Trinajstić information content (AvgIpc) is 2.68. The van der Waals surface area contributed by atoms with Crippen molar-refractivity contribution in [3.8, 4) is 10.4 Å². The number of aryl methyl sites for hydroxylation is 1. The fourth-order valence-corrected chi connectivity index (χ4v) is 3.05. The second-order valence-electron chi connectivity index (χ2n) is 3.50. The maximum atomic E-state index is 11.2. The monoisotopic (exact) mass is 253 g/mol. The summed E-state index contributed by atoms with van der Waals surface area (Å²) in [5.41, 5.74) is 1.69. The number of rotatable bonds is 2. The molecule has 84 valence electrons. The van der Waals surface area contributed by atoms with Crippen LogP contribution in [0, 0.1) is 6.92 Å². The van der Waals surface area contributed by atoms with Crippen LogP contribution in [0.4, 0.5) is 0 Å². The van der Waals surface area contributed by atoms with Crippen molar-refractivity contribution in [2.45, 2.75) is 11.8 Å². The van der Waals surface area contributed by atoms with Crippen molar-refractivity contribution in [2.24, 2.45) is 5.14 Å². The molecule has 0 atom stereocenters. The molecule has 0 bridgehead atoms. The molecule has 0 aliphatic heterocycles. The molecule has 0 spiro atoms. The summed E-state index contributed by atoms with van der Waals surface area (Å²) in [5, 5.41) is 7.09. The predicted molar refractivity (Wildman–Crippen MR) is 65.9 cm³/mol. The van der Waals surface area contributed by atoms with Gasteiger partial charge in [-0.2, -0.15) is 0 Å². The lowest BCUT2D eigenvalue weighted by molar-refractivity contribution is 0.597. The minimum absolute atomic E-state index is 0.188. The molecule has 0 saturated heterocycles. The second kappa shape index (κ2) is 4.01. The van der Waals surface area contributed by atoms with Gasteiger partial charge in [-0.3, -0.25) is 0 Å². The Balaban J connectivity index is 2.53. The van der Waals surface area contributed by atoms with Crippen molar-refractivity contribution in [2.75, 3.05) is 0 Å². The molecule has 0 unspecified atom stereocenters. The molecule has 0 fully saturated rings. The van der Waals surface area contributed by atoms with Crippen LogP contribution in [0.3, 0.4) is 0 Å². The fraction of sp³-hybridized carbons (Fsp3) is 0.0909. The second-order valence-corrected chi connectivity index (χ2v) is 5.98. The van der Waals surface area contributed by atoms with E-state index in [9.17, 15) is 8.42 Å². The van der Waals surface area contributed by atoms with Gasteiger partial charge in [-0.15, -0.1) is 11.3 Å². The predicted octanol–water partition coefficient (Wildman–Crippen LogP) is 2.37. The lowest BCUT2D eigenvalue weighted by Gasteiger charge is -2.05. The minimum Gasteiger partial charge on any atom is -0.225 e. The largest absolute Gasteiger partial charge is 0.238 e. The molecule has 0 saturated carbocycles. The normalized spacial score (nSPS) is 11.6. The van der Waals surface area contributed by atoms with Crippen molar-refractivity contribution in [1.29, 1.82) is 0 Å². The number of nitrogens with two attached hydrogens (primary N) is 1. The van der Waals surface area contributed by atoms with Crippen LogP contribution in [-0.4, -0.2) is 8.42 Å². The zero-order valence-corrected chi connectivity index (χ0v) is 10.3. The molecule has 1 aromatic heterocycles. The summed E-state index contributed by atoms with van der Waals surface area (Å²) < 4.78 is 22.5. The number of primary sulfonamides is 1. The molecular formula is C11H11NO2S2. The van der Waals surface area contributed by atoms with Gasteiger partial charge in [-0.05, 0) is 41.6 Å². The minimum atomic E-state index is -3.62. The molecule has 2 N–H and O–H groups in total. The van der Waals surface area contributed by atoms with Crippen LogP contribution < -0.4 is 5.14 Å². The van der Waals surface area contributed by atoms with Crippen LogP contribution >= 0.6 is 11.3 Å². The van der Waals surface area contributed by atoms with Gasteiger partial charge in [0.15, 0.2) is 0 Å². The lowest BCUT2D eigenvalue weighted by Crippen LogP contribution is -2.13. The molecule has 3 nitrogen and oxygen atoms in total. The summed E-state index contributed by atoms with van der Waals surface area (Å²) in [6.45, 7) is 1.75. The van der Waals surface area contributed by atoms with E-state index in [4.69, 9.17) is 5.14 Å². The molecule has 5 heteroatoms. The van der Waals surface area contributed by atoms with Gasteiger partial charge in [0.1, 0.15) is 0 Å². The first-order valence-corrected chi connectivity index (χ1v) is 7.08. The van der Waals surface area contributed by atoms with E-state index in [0.29, 0.717) is 5.56 Å². The van der Waals surface area contributed by atoms with Crippen molar-refractivity contribution >= 4 is 21.4 Å². The van der Waals surface area contributed by atoms with E-state index in [0.717, 1.165) is 10.4 Å². The molecule has 0 amide bonds. The van der Waals surface area contributed by atoms with E-state index < -0.39 is 10.0 Å². The van der Waals surface area contributed by atoms with Crippen molar-refractivity contribution < 1.29 is 8.42 Å². The molecule has 2 aromatic rings. The van der Waals surface area contributed by atoms with Crippen LogP contribution in [0.1, 0.15) is 5.56 Å². The molecule has 0 aliphatic rings. The fourth-order valence-electron chi connectivity index (χ4n) is 1.56. The van der Waals surface area contributed by atoms with Crippen LogP contribution in [0.2, 0.25) is 0 Å². The number of thiophene rings is 1. The number of benzene rings is 1. The zero-order chi connectivity index (χ0) is 11.8. The van der Waals surface area contributed by atoms with Gasteiger partial charge < -0.3 is 0 Å². The molecule has 0 radical (unpaired) electrons. The highest BCUT2D eigenvalue weighted by molar-refractivity contribution is 7.89. The van der Waals surface area contributed by atoms with Gasteiger partial charge in [-0.25, -0.2) is 13.6 Å². The summed E-state index contributed by atoms with van der Waals surface area (Å²) in [4.78, 5) is 1.30. The highest BCUT2D eigenvalue weighted by Crippen LogP contribution is 2.27. The Bertz CT molecular complexity index is 601. The number of sulfonamides is 1. The molecular weight excluding hydrogens is 242 g/mol. The first-order chi connectivity index (χ1) is 7.48. The Labute approximate surface area is 98.6 Å². The number of hydrogen-bond donors (Lipinski definition) is 1. The Hall–Kier alpha value is -1.17. The Morgan fingerprint density at radius 1 is 1.25 bits per heavy atom. The Kier molecular flexibility index (Phi) is 2.84. The van der Waals surface area contributed by atoms with Gasteiger partial charge in [0.05, 0.1) is 4.90 Å². The highest BCUT2D eigenvalue weighted by atomic mass is 32.2. The smallest absolute Gasteiger partial charge is 0.225 e. The first-order valence-electron chi connectivity index (χ1n) is 4.66. The van der Waals surface area contributed by atoms with Gasteiger partial charge in [-0.1, -0.05) is 12.1 Å². The van der Waals surface area contributed by atoms with E-state index in [1.165, 1.54) is 0 Å². The third-order valence-corrected chi connectivity index (χ3v) is 4.28. The summed E-state index contributed by atoms with van der Waals surface area (Å²) in [6, 6.07) is 9.13. The van der Waals surface area contributed by atoms with Crippen molar-refractivity contribution in [1.82, 2.24) is 0 Å². The quantitative estimate of drug-likeness (QED) is 0.893. The molecule has 2 rings (SSSR count). The first kappa shape index (κ1) is 11.3. The van der Waals surface area contributed by atoms with Crippen LogP contribution in [-0.2, 0) is 10.0 Å². The van der Waals surface area contributed by atoms with E-state index in [2.05, 4.69) is 0 Å². The van der Waals surface area contributed by atoms with Gasteiger partial charge in [0.25, 0.3) is 0 Å². The van der Waals surface area contributed by atoms with Gasteiger partial charge >= 0.3 is 0 Å². The van der Waals surface area contributed by atoms with E-state index in [1.54, 1.807) is 30.4 Å².